The Kier molecular flexibility index (Phi) is 4.40. The molecule has 1 aliphatic rings. The molecule has 0 spiro atoms. The van der Waals surface area contributed by atoms with Gasteiger partial charge in [0.1, 0.15) is 11.1 Å². The number of rotatable bonds is 4. The zero-order chi connectivity index (χ0) is 13.8. The van der Waals surface area contributed by atoms with Crippen molar-refractivity contribution in [1.82, 2.24) is 9.88 Å². The molecule has 1 amide bonds. The Balaban J connectivity index is 2.27. The molecule has 0 atom stereocenters. The van der Waals surface area contributed by atoms with Crippen LogP contribution in [0.1, 0.15) is 23.7 Å². The van der Waals surface area contributed by atoms with Gasteiger partial charge in [0.25, 0.3) is 0 Å². The first-order valence-corrected chi connectivity index (χ1v) is 7.19. The van der Waals surface area contributed by atoms with Gasteiger partial charge in [-0.05, 0) is 18.2 Å². The summed E-state index contributed by atoms with van der Waals surface area (Å²) in [5.74, 6) is -0.243. The molecule has 1 aliphatic heterocycles. The lowest BCUT2D eigenvalue weighted by molar-refractivity contribution is -0.115. The number of carbonyl (C=O) groups is 1. The summed E-state index contributed by atoms with van der Waals surface area (Å²) in [6, 6.07) is 4.04. The third kappa shape index (κ3) is 3.25. The Labute approximate surface area is 116 Å². The minimum absolute atomic E-state index is 0.154. The Hall–Kier alpha value is -1.58. The Morgan fingerprint density at radius 2 is 2.47 bits per heavy atom. The number of hydrogen-bond acceptors (Lipinski definition) is 5. The van der Waals surface area contributed by atoms with Crippen molar-refractivity contribution >= 4 is 17.7 Å². The number of likely N-dealkylation sites (N-methyl/N-ethyl adjacent to an activating group) is 1. The lowest BCUT2D eigenvalue weighted by Crippen LogP contribution is -2.31. The summed E-state index contributed by atoms with van der Waals surface area (Å²) in [6.45, 7) is 4.96. The highest BCUT2D eigenvalue weighted by Crippen LogP contribution is 2.25. The van der Waals surface area contributed by atoms with Gasteiger partial charge >= 0.3 is 0 Å². The number of pyridine rings is 1. The van der Waals surface area contributed by atoms with Crippen LogP contribution in [0, 0.1) is 11.3 Å². The molecule has 2 heterocycles. The smallest absolute Gasteiger partial charge is 0.227 e. The molecule has 6 heteroatoms. The zero-order valence-corrected chi connectivity index (χ0v) is 11.7. The lowest BCUT2D eigenvalue weighted by atomic mass is 10.0. The fourth-order valence-corrected chi connectivity index (χ4v) is 2.82. The molecule has 0 aliphatic carbocycles. The third-order valence-corrected chi connectivity index (χ3v) is 4.15. The van der Waals surface area contributed by atoms with Crippen LogP contribution < -0.4 is 5.73 Å². The summed E-state index contributed by atoms with van der Waals surface area (Å²) in [5, 5.41) is 9.79. The molecule has 5 nitrogen and oxygen atoms in total. The van der Waals surface area contributed by atoms with Crippen molar-refractivity contribution in [3.8, 4) is 6.07 Å². The van der Waals surface area contributed by atoms with Crippen LogP contribution in [0.25, 0.3) is 0 Å². The summed E-state index contributed by atoms with van der Waals surface area (Å²) in [5.41, 5.74) is 7.82. The minimum Gasteiger partial charge on any atom is -0.369 e. The van der Waals surface area contributed by atoms with Gasteiger partial charge in [0.2, 0.25) is 5.91 Å². The number of amides is 1. The van der Waals surface area contributed by atoms with Gasteiger partial charge in [0.15, 0.2) is 0 Å². The average molecular weight is 276 g/mol. The van der Waals surface area contributed by atoms with E-state index in [1.807, 2.05) is 6.07 Å². The van der Waals surface area contributed by atoms with E-state index in [1.54, 1.807) is 0 Å². The molecule has 2 N–H and O–H groups in total. The van der Waals surface area contributed by atoms with Crippen LogP contribution in [0.15, 0.2) is 11.1 Å². The Morgan fingerprint density at radius 3 is 3.11 bits per heavy atom. The molecule has 1 aromatic rings. The van der Waals surface area contributed by atoms with Gasteiger partial charge in [-0.15, -0.1) is 0 Å². The Morgan fingerprint density at radius 1 is 1.68 bits per heavy atom. The molecule has 100 valence electrons. The normalized spacial score (nSPS) is 14.7. The SMILES string of the molecule is CCN1CCc2nc(SCC(N)=O)c(C#N)cc2C1. The topological polar surface area (TPSA) is 83.0 Å². The number of carbonyl (C=O) groups excluding carboxylic acids is 1. The fraction of sp³-hybridized carbons (Fsp3) is 0.462. The summed E-state index contributed by atoms with van der Waals surface area (Å²) in [7, 11) is 0. The van der Waals surface area contributed by atoms with Crippen molar-refractivity contribution in [3.05, 3.63) is 22.9 Å². The number of hydrogen-bond donors (Lipinski definition) is 1. The van der Waals surface area contributed by atoms with Crippen LogP contribution in [0.2, 0.25) is 0 Å². The largest absolute Gasteiger partial charge is 0.369 e. The van der Waals surface area contributed by atoms with Crippen LogP contribution in [0.5, 0.6) is 0 Å². The second-order valence-electron chi connectivity index (χ2n) is 4.43. The second kappa shape index (κ2) is 6.04. The number of aromatic nitrogens is 1. The molecule has 0 unspecified atom stereocenters. The third-order valence-electron chi connectivity index (χ3n) is 3.13. The van der Waals surface area contributed by atoms with Gasteiger partial charge in [-0.25, -0.2) is 4.98 Å². The van der Waals surface area contributed by atoms with E-state index < -0.39 is 5.91 Å². The molecule has 0 radical (unpaired) electrons. The predicted octanol–water partition coefficient (Wildman–Crippen LogP) is 0.909. The Bertz CT molecular complexity index is 538. The highest BCUT2D eigenvalue weighted by Gasteiger charge is 2.19. The summed E-state index contributed by atoms with van der Waals surface area (Å²) >= 11 is 1.24. The van der Waals surface area contributed by atoms with Gasteiger partial charge < -0.3 is 5.73 Å². The van der Waals surface area contributed by atoms with E-state index in [1.165, 1.54) is 11.8 Å². The van der Waals surface area contributed by atoms with Crippen molar-refractivity contribution in [2.24, 2.45) is 5.73 Å². The van der Waals surface area contributed by atoms with Crippen molar-refractivity contribution in [2.75, 3.05) is 18.8 Å². The number of nitriles is 1. The number of nitrogens with zero attached hydrogens (tertiary/aromatic N) is 3. The molecule has 2 rings (SSSR count). The number of fused-ring (bicyclic) bond motifs is 1. The number of primary amides is 1. The first-order valence-electron chi connectivity index (χ1n) is 6.20. The summed E-state index contributed by atoms with van der Waals surface area (Å²) in [4.78, 5) is 17.7. The van der Waals surface area contributed by atoms with Gasteiger partial charge in [0.05, 0.1) is 11.3 Å². The standard InChI is InChI=1S/C13H16N4OS/c1-2-17-4-3-11-10(7-17)5-9(6-14)13(16-11)19-8-12(15)18/h5H,2-4,7-8H2,1H3,(H2,15,18). The average Bonchev–Trinajstić information content (AvgIpc) is 2.43. The van der Waals surface area contributed by atoms with Gasteiger partial charge in [-0.1, -0.05) is 18.7 Å². The van der Waals surface area contributed by atoms with Crippen LogP contribution in [-0.2, 0) is 17.8 Å². The molecule has 1 aromatic heterocycles. The van der Waals surface area contributed by atoms with Gasteiger partial charge in [-0.3, -0.25) is 9.69 Å². The molecule has 0 saturated carbocycles. The van der Waals surface area contributed by atoms with E-state index in [0.717, 1.165) is 37.3 Å². The fourth-order valence-electron chi connectivity index (χ4n) is 2.11. The van der Waals surface area contributed by atoms with Crippen LogP contribution in [0.4, 0.5) is 0 Å². The molecule has 0 saturated heterocycles. The molecule has 0 fully saturated rings. The molecule has 0 bridgehead atoms. The highest BCUT2D eigenvalue weighted by molar-refractivity contribution is 7.99. The summed E-state index contributed by atoms with van der Waals surface area (Å²) in [6.07, 6.45) is 0.888. The quantitative estimate of drug-likeness (QED) is 0.826. The van der Waals surface area contributed by atoms with Crippen LogP contribution in [-0.4, -0.2) is 34.6 Å². The maximum absolute atomic E-state index is 10.8. The van der Waals surface area contributed by atoms with E-state index in [0.29, 0.717) is 10.6 Å². The first kappa shape index (κ1) is 13.8. The molecule has 19 heavy (non-hydrogen) atoms. The number of nitrogens with two attached hydrogens (primary N) is 1. The minimum atomic E-state index is -0.398. The molecule has 0 aromatic carbocycles. The van der Waals surface area contributed by atoms with Crippen molar-refractivity contribution in [2.45, 2.75) is 24.9 Å². The van der Waals surface area contributed by atoms with E-state index in [2.05, 4.69) is 22.9 Å². The van der Waals surface area contributed by atoms with Crippen LogP contribution in [0.3, 0.4) is 0 Å². The van der Waals surface area contributed by atoms with E-state index >= 15 is 0 Å². The van der Waals surface area contributed by atoms with Crippen molar-refractivity contribution < 1.29 is 4.79 Å². The van der Waals surface area contributed by atoms with E-state index in [4.69, 9.17) is 5.73 Å². The monoisotopic (exact) mass is 276 g/mol. The zero-order valence-electron chi connectivity index (χ0n) is 10.8. The second-order valence-corrected chi connectivity index (χ2v) is 5.40. The molecular weight excluding hydrogens is 260 g/mol. The van der Waals surface area contributed by atoms with Crippen molar-refractivity contribution in [3.63, 3.8) is 0 Å². The van der Waals surface area contributed by atoms with Crippen LogP contribution >= 0.6 is 11.8 Å². The maximum Gasteiger partial charge on any atom is 0.227 e. The van der Waals surface area contributed by atoms with Gasteiger partial charge in [0, 0.05) is 25.2 Å². The van der Waals surface area contributed by atoms with Crippen molar-refractivity contribution in [1.29, 1.82) is 5.26 Å². The molecular formula is C13H16N4OS. The van der Waals surface area contributed by atoms with E-state index in [9.17, 15) is 10.1 Å². The van der Waals surface area contributed by atoms with E-state index in [-0.39, 0.29) is 5.75 Å². The first-order chi connectivity index (χ1) is 9.13. The maximum atomic E-state index is 10.8. The lowest BCUT2D eigenvalue weighted by Gasteiger charge is -2.27. The predicted molar refractivity (Wildman–Crippen MR) is 73.5 cm³/mol. The number of thioether (sulfide) groups is 1. The highest BCUT2D eigenvalue weighted by atomic mass is 32.2. The summed E-state index contributed by atoms with van der Waals surface area (Å²) < 4.78 is 0. The van der Waals surface area contributed by atoms with Gasteiger partial charge in [-0.2, -0.15) is 5.26 Å².